The van der Waals surface area contributed by atoms with E-state index in [0.717, 1.165) is 6.07 Å². The summed E-state index contributed by atoms with van der Waals surface area (Å²) in [7, 11) is -3.84. The van der Waals surface area contributed by atoms with Gasteiger partial charge in [-0.15, -0.1) is 0 Å². The third kappa shape index (κ3) is 5.90. The number of ether oxygens (including phenoxy) is 1. The maximum absolute atomic E-state index is 12.6. The molecule has 0 spiro atoms. The molecule has 1 amide bonds. The standard InChI is InChI=1S/C17H27N3O6S/c1-6-19(7-2)27(24,25)14-8-9-16(15(10-14)20(22)23)26-13(5)17(21)18-11-12(3)4/h8-10,12-13H,6-7,11H2,1-5H3,(H,18,21)/t13-/m1/s1. The van der Waals surface area contributed by atoms with E-state index in [0.29, 0.717) is 6.54 Å². The fraction of sp³-hybridized carbons (Fsp3) is 0.588. The fourth-order valence-corrected chi connectivity index (χ4v) is 3.78. The van der Waals surface area contributed by atoms with Gasteiger partial charge < -0.3 is 10.1 Å². The van der Waals surface area contributed by atoms with Gasteiger partial charge in [-0.2, -0.15) is 4.31 Å². The highest BCUT2D eigenvalue weighted by molar-refractivity contribution is 7.89. The first-order valence-electron chi connectivity index (χ1n) is 8.77. The molecule has 0 saturated heterocycles. The Morgan fingerprint density at radius 3 is 2.33 bits per heavy atom. The molecule has 0 aromatic heterocycles. The number of hydrogen-bond acceptors (Lipinski definition) is 6. The van der Waals surface area contributed by atoms with Gasteiger partial charge in [0, 0.05) is 25.7 Å². The van der Waals surface area contributed by atoms with Crippen molar-refractivity contribution in [2.24, 2.45) is 5.92 Å². The zero-order valence-electron chi connectivity index (χ0n) is 16.3. The van der Waals surface area contributed by atoms with E-state index in [1.807, 2.05) is 13.8 Å². The molecule has 1 aromatic rings. The molecule has 0 aliphatic heterocycles. The van der Waals surface area contributed by atoms with Crippen LogP contribution in [0.4, 0.5) is 5.69 Å². The average molecular weight is 401 g/mol. The predicted molar refractivity (Wildman–Crippen MR) is 101 cm³/mol. The Morgan fingerprint density at radius 1 is 1.26 bits per heavy atom. The molecule has 1 rings (SSSR count). The Labute approximate surface area is 159 Å². The van der Waals surface area contributed by atoms with Gasteiger partial charge in [-0.05, 0) is 25.0 Å². The first kappa shape index (κ1) is 22.8. The minimum atomic E-state index is -3.84. The number of hydrogen-bond donors (Lipinski definition) is 1. The molecule has 152 valence electrons. The number of rotatable bonds is 10. The Kier molecular flexibility index (Phi) is 8.17. The van der Waals surface area contributed by atoms with Crippen LogP contribution in [0.1, 0.15) is 34.6 Å². The van der Waals surface area contributed by atoms with Gasteiger partial charge in [-0.1, -0.05) is 27.7 Å². The van der Waals surface area contributed by atoms with E-state index in [4.69, 9.17) is 4.74 Å². The minimum Gasteiger partial charge on any atom is -0.474 e. The van der Waals surface area contributed by atoms with Crippen molar-refractivity contribution >= 4 is 21.6 Å². The molecule has 9 nitrogen and oxygen atoms in total. The molecule has 1 N–H and O–H groups in total. The number of carbonyl (C=O) groups excluding carboxylic acids is 1. The van der Waals surface area contributed by atoms with E-state index < -0.39 is 32.6 Å². The second-order valence-corrected chi connectivity index (χ2v) is 8.31. The number of nitrogens with one attached hydrogen (secondary N) is 1. The molecule has 0 fully saturated rings. The van der Waals surface area contributed by atoms with Gasteiger partial charge in [0.1, 0.15) is 0 Å². The van der Waals surface area contributed by atoms with E-state index in [2.05, 4.69) is 5.32 Å². The first-order chi connectivity index (χ1) is 12.5. The van der Waals surface area contributed by atoms with Crippen LogP contribution in [-0.4, -0.2) is 49.3 Å². The van der Waals surface area contributed by atoms with Crippen molar-refractivity contribution in [1.29, 1.82) is 0 Å². The van der Waals surface area contributed by atoms with Gasteiger partial charge >= 0.3 is 5.69 Å². The van der Waals surface area contributed by atoms with E-state index in [1.165, 1.54) is 23.4 Å². The van der Waals surface area contributed by atoms with Gasteiger partial charge in [0.25, 0.3) is 5.91 Å². The van der Waals surface area contributed by atoms with Gasteiger partial charge in [0.2, 0.25) is 10.0 Å². The van der Waals surface area contributed by atoms with E-state index in [-0.39, 0.29) is 29.7 Å². The molecule has 0 heterocycles. The zero-order valence-corrected chi connectivity index (χ0v) is 17.1. The van der Waals surface area contributed by atoms with E-state index >= 15 is 0 Å². The van der Waals surface area contributed by atoms with Gasteiger partial charge in [0.15, 0.2) is 11.9 Å². The summed E-state index contributed by atoms with van der Waals surface area (Å²) in [5.41, 5.74) is -0.508. The van der Waals surface area contributed by atoms with E-state index in [9.17, 15) is 23.3 Å². The molecule has 1 atom stereocenters. The van der Waals surface area contributed by atoms with Crippen LogP contribution in [0.15, 0.2) is 23.1 Å². The highest BCUT2D eigenvalue weighted by Crippen LogP contribution is 2.31. The Morgan fingerprint density at radius 2 is 1.85 bits per heavy atom. The van der Waals surface area contributed by atoms with Crippen LogP contribution in [-0.2, 0) is 14.8 Å². The molecular weight excluding hydrogens is 374 g/mol. The second kappa shape index (κ2) is 9.65. The molecule has 0 unspecified atom stereocenters. The molecule has 0 aliphatic rings. The van der Waals surface area contributed by atoms with Gasteiger partial charge in [0.05, 0.1) is 9.82 Å². The molecule has 0 radical (unpaired) electrons. The number of benzene rings is 1. The van der Waals surface area contributed by atoms with Crippen molar-refractivity contribution in [3.05, 3.63) is 28.3 Å². The summed E-state index contributed by atoms with van der Waals surface area (Å²) in [6.45, 7) is 9.66. The van der Waals surface area contributed by atoms with Crippen molar-refractivity contribution in [3.63, 3.8) is 0 Å². The predicted octanol–water partition coefficient (Wildman–Crippen LogP) is 2.16. The largest absolute Gasteiger partial charge is 0.474 e. The number of nitrogens with zero attached hydrogens (tertiary/aromatic N) is 2. The summed E-state index contributed by atoms with van der Waals surface area (Å²) in [5.74, 6) is -0.316. The zero-order chi connectivity index (χ0) is 20.8. The third-order valence-corrected chi connectivity index (χ3v) is 5.87. The maximum Gasteiger partial charge on any atom is 0.312 e. The summed E-state index contributed by atoms with van der Waals surface area (Å²) >= 11 is 0. The summed E-state index contributed by atoms with van der Waals surface area (Å²) in [6, 6.07) is 3.41. The van der Waals surface area contributed by atoms with Crippen molar-refractivity contribution in [2.45, 2.75) is 45.6 Å². The lowest BCUT2D eigenvalue weighted by Gasteiger charge is -2.19. The van der Waals surface area contributed by atoms with Gasteiger partial charge in [-0.3, -0.25) is 14.9 Å². The summed E-state index contributed by atoms with van der Waals surface area (Å²) in [5, 5.41) is 14.1. The molecular formula is C17H27N3O6S. The number of sulfonamides is 1. The summed E-state index contributed by atoms with van der Waals surface area (Å²) in [6.07, 6.45) is -0.965. The third-order valence-electron chi connectivity index (χ3n) is 3.83. The lowest BCUT2D eigenvalue weighted by atomic mass is 10.2. The van der Waals surface area contributed by atoms with Gasteiger partial charge in [-0.25, -0.2) is 8.42 Å². The summed E-state index contributed by atoms with van der Waals surface area (Å²) < 4.78 is 31.7. The van der Waals surface area contributed by atoms with Crippen LogP contribution in [0.25, 0.3) is 0 Å². The SMILES string of the molecule is CCN(CC)S(=O)(=O)c1ccc(O[C@H](C)C(=O)NCC(C)C)c([N+](=O)[O-])c1. The van der Waals surface area contributed by atoms with Crippen LogP contribution in [0.5, 0.6) is 5.75 Å². The molecule has 0 aliphatic carbocycles. The minimum absolute atomic E-state index is 0.161. The normalized spacial score (nSPS) is 12.9. The van der Waals surface area contributed by atoms with Crippen LogP contribution in [0.3, 0.4) is 0 Å². The number of nitro groups is 1. The topological polar surface area (TPSA) is 119 Å². The highest BCUT2D eigenvalue weighted by Gasteiger charge is 2.27. The quantitative estimate of drug-likeness (QED) is 0.474. The lowest BCUT2D eigenvalue weighted by Crippen LogP contribution is -2.38. The summed E-state index contributed by atoms with van der Waals surface area (Å²) in [4.78, 5) is 22.5. The van der Waals surface area contributed by atoms with Crippen LogP contribution in [0, 0.1) is 16.0 Å². The van der Waals surface area contributed by atoms with Crippen LogP contribution in [0.2, 0.25) is 0 Å². The highest BCUT2D eigenvalue weighted by atomic mass is 32.2. The Bertz CT molecular complexity index is 775. The first-order valence-corrected chi connectivity index (χ1v) is 10.2. The number of amides is 1. The van der Waals surface area contributed by atoms with Crippen LogP contribution < -0.4 is 10.1 Å². The smallest absolute Gasteiger partial charge is 0.312 e. The maximum atomic E-state index is 12.6. The number of nitro benzene ring substituents is 1. The van der Waals surface area contributed by atoms with Crippen molar-refractivity contribution in [3.8, 4) is 5.75 Å². The fourth-order valence-electron chi connectivity index (χ4n) is 2.30. The van der Waals surface area contributed by atoms with Crippen molar-refractivity contribution in [1.82, 2.24) is 9.62 Å². The van der Waals surface area contributed by atoms with Crippen LogP contribution >= 0.6 is 0 Å². The molecule has 0 bridgehead atoms. The van der Waals surface area contributed by atoms with Crippen molar-refractivity contribution in [2.75, 3.05) is 19.6 Å². The number of carbonyl (C=O) groups is 1. The van der Waals surface area contributed by atoms with Crippen molar-refractivity contribution < 1.29 is 22.9 Å². The molecule has 0 saturated carbocycles. The molecule has 27 heavy (non-hydrogen) atoms. The second-order valence-electron chi connectivity index (χ2n) is 6.38. The molecule has 10 heteroatoms. The Balaban J connectivity index is 3.14. The lowest BCUT2D eigenvalue weighted by molar-refractivity contribution is -0.386. The monoisotopic (exact) mass is 401 g/mol. The molecule has 1 aromatic carbocycles. The Hall–Kier alpha value is -2.20. The van der Waals surface area contributed by atoms with E-state index in [1.54, 1.807) is 13.8 Å². The average Bonchev–Trinajstić information content (AvgIpc) is 2.60.